The topological polar surface area (TPSA) is 35.2 Å². The number of halogens is 1. The first kappa shape index (κ1) is 15.4. The van der Waals surface area contributed by atoms with Crippen molar-refractivity contribution in [3.8, 4) is 5.75 Å². The third-order valence-electron chi connectivity index (χ3n) is 2.72. The van der Waals surface area contributed by atoms with Crippen LogP contribution in [0, 0.1) is 0 Å². The second kappa shape index (κ2) is 8.48. The van der Waals surface area contributed by atoms with Crippen LogP contribution in [-0.4, -0.2) is 11.6 Å². The Balaban J connectivity index is 2.35. The van der Waals surface area contributed by atoms with E-state index in [1.807, 2.05) is 18.2 Å². The summed E-state index contributed by atoms with van der Waals surface area (Å²) in [6.45, 7) is 2.99. The molecular formula is C14H20BrNOS. The van der Waals surface area contributed by atoms with Gasteiger partial charge in [-0.15, -0.1) is 0 Å². The van der Waals surface area contributed by atoms with Gasteiger partial charge in [0.1, 0.15) is 10.7 Å². The van der Waals surface area contributed by atoms with Crippen LogP contribution in [0.5, 0.6) is 5.75 Å². The molecule has 0 unspecified atom stereocenters. The van der Waals surface area contributed by atoms with Gasteiger partial charge in [0.15, 0.2) is 0 Å². The highest BCUT2D eigenvalue weighted by molar-refractivity contribution is 9.10. The van der Waals surface area contributed by atoms with Crippen molar-refractivity contribution in [2.75, 3.05) is 6.61 Å². The molecule has 2 N–H and O–H groups in total. The number of hydrogen-bond acceptors (Lipinski definition) is 2. The van der Waals surface area contributed by atoms with E-state index in [2.05, 4.69) is 22.9 Å². The summed E-state index contributed by atoms with van der Waals surface area (Å²) in [4.78, 5) is 0.396. The lowest BCUT2D eigenvalue weighted by atomic mass is 10.2. The Morgan fingerprint density at radius 1 is 1.28 bits per heavy atom. The average Bonchev–Trinajstić information content (AvgIpc) is 2.33. The van der Waals surface area contributed by atoms with Gasteiger partial charge >= 0.3 is 0 Å². The number of hydrogen-bond donors (Lipinski definition) is 1. The van der Waals surface area contributed by atoms with Gasteiger partial charge in [-0.3, -0.25) is 0 Å². The van der Waals surface area contributed by atoms with Gasteiger partial charge in [0.2, 0.25) is 0 Å². The lowest BCUT2D eigenvalue weighted by Crippen LogP contribution is -2.10. The molecule has 0 saturated carbocycles. The van der Waals surface area contributed by atoms with Crippen molar-refractivity contribution < 1.29 is 4.74 Å². The fourth-order valence-corrected chi connectivity index (χ4v) is 2.56. The molecule has 1 rings (SSSR count). The Morgan fingerprint density at radius 2 is 2.00 bits per heavy atom. The van der Waals surface area contributed by atoms with Gasteiger partial charge in [-0.1, -0.05) is 44.8 Å². The predicted molar refractivity (Wildman–Crippen MR) is 84.3 cm³/mol. The Kier molecular flexibility index (Phi) is 7.28. The first-order valence-corrected chi connectivity index (χ1v) is 7.57. The molecule has 0 heterocycles. The van der Waals surface area contributed by atoms with E-state index < -0.39 is 0 Å². The molecule has 2 nitrogen and oxygen atoms in total. The molecule has 1 aromatic carbocycles. The molecule has 0 spiro atoms. The van der Waals surface area contributed by atoms with Gasteiger partial charge in [0.25, 0.3) is 0 Å². The van der Waals surface area contributed by atoms with Crippen molar-refractivity contribution in [3.05, 3.63) is 28.2 Å². The van der Waals surface area contributed by atoms with Crippen LogP contribution in [0.4, 0.5) is 0 Å². The van der Waals surface area contributed by atoms with Crippen molar-refractivity contribution in [1.82, 2.24) is 0 Å². The zero-order chi connectivity index (χ0) is 13.4. The Hall–Kier alpha value is -0.610. The van der Waals surface area contributed by atoms with Gasteiger partial charge < -0.3 is 10.5 Å². The minimum absolute atomic E-state index is 0.396. The van der Waals surface area contributed by atoms with Crippen LogP contribution in [0.2, 0.25) is 0 Å². The highest BCUT2D eigenvalue weighted by atomic mass is 79.9. The fraction of sp³-hybridized carbons (Fsp3) is 0.500. The van der Waals surface area contributed by atoms with E-state index in [1.165, 1.54) is 25.7 Å². The van der Waals surface area contributed by atoms with Crippen molar-refractivity contribution in [2.45, 2.75) is 39.0 Å². The van der Waals surface area contributed by atoms with E-state index in [0.29, 0.717) is 4.99 Å². The van der Waals surface area contributed by atoms with Crippen molar-refractivity contribution in [2.24, 2.45) is 5.73 Å². The first-order valence-electron chi connectivity index (χ1n) is 6.37. The van der Waals surface area contributed by atoms with Gasteiger partial charge in [-0.25, -0.2) is 0 Å². The number of rotatable bonds is 8. The van der Waals surface area contributed by atoms with Crippen molar-refractivity contribution >= 4 is 33.1 Å². The molecule has 0 saturated heterocycles. The molecule has 0 atom stereocenters. The predicted octanol–water partition coefficient (Wildman–Crippen LogP) is 4.43. The summed E-state index contributed by atoms with van der Waals surface area (Å²) in [5, 5.41) is 0. The monoisotopic (exact) mass is 329 g/mol. The first-order chi connectivity index (χ1) is 8.65. The molecule has 1 aromatic rings. The molecule has 0 bridgehead atoms. The molecule has 0 amide bonds. The Labute approximate surface area is 123 Å². The lowest BCUT2D eigenvalue weighted by molar-refractivity contribution is 0.304. The van der Waals surface area contributed by atoms with Crippen LogP contribution in [0.15, 0.2) is 22.7 Å². The number of ether oxygens (including phenoxy) is 1. The van der Waals surface area contributed by atoms with Crippen molar-refractivity contribution in [3.63, 3.8) is 0 Å². The maximum Gasteiger partial charge on any atom is 0.120 e. The molecule has 0 radical (unpaired) electrons. The highest BCUT2D eigenvalue weighted by Gasteiger charge is 2.04. The second-order valence-corrected chi connectivity index (χ2v) is 5.56. The largest absolute Gasteiger partial charge is 0.494 e. The Morgan fingerprint density at radius 3 is 2.61 bits per heavy atom. The quantitative estimate of drug-likeness (QED) is 0.566. The van der Waals surface area contributed by atoms with E-state index in [4.69, 9.17) is 22.7 Å². The molecule has 100 valence electrons. The minimum atomic E-state index is 0.396. The van der Waals surface area contributed by atoms with E-state index in [0.717, 1.165) is 28.8 Å². The normalized spacial score (nSPS) is 10.3. The molecule has 0 aliphatic carbocycles. The highest BCUT2D eigenvalue weighted by Crippen LogP contribution is 2.23. The van der Waals surface area contributed by atoms with E-state index >= 15 is 0 Å². The number of unbranched alkanes of at least 4 members (excludes halogenated alkanes) is 4. The minimum Gasteiger partial charge on any atom is -0.494 e. The summed E-state index contributed by atoms with van der Waals surface area (Å²) in [5.41, 5.74) is 6.44. The zero-order valence-electron chi connectivity index (χ0n) is 10.7. The molecule has 0 aromatic heterocycles. The van der Waals surface area contributed by atoms with Crippen LogP contribution in [0.25, 0.3) is 0 Å². The van der Waals surface area contributed by atoms with Crippen molar-refractivity contribution in [1.29, 1.82) is 0 Å². The van der Waals surface area contributed by atoms with Gasteiger partial charge in [-0.2, -0.15) is 0 Å². The fourth-order valence-electron chi connectivity index (χ4n) is 1.68. The summed E-state index contributed by atoms with van der Waals surface area (Å²) in [5.74, 6) is 0.859. The third kappa shape index (κ3) is 5.36. The van der Waals surface area contributed by atoms with E-state index in [9.17, 15) is 0 Å². The summed E-state index contributed by atoms with van der Waals surface area (Å²) in [6.07, 6.45) is 6.22. The number of thiocarbonyl (C=S) groups is 1. The van der Waals surface area contributed by atoms with Crippen LogP contribution < -0.4 is 10.5 Å². The van der Waals surface area contributed by atoms with Crippen LogP contribution in [0.1, 0.15) is 44.6 Å². The van der Waals surface area contributed by atoms with E-state index in [-0.39, 0.29) is 0 Å². The third-order valence-corrected chi connectivity index (χ3v) is 3.60. The van der Waals surface area contributed by atoms with E-state index in [1.54, 1.807) is 0 Å². The molecule has 18 heavy (non-hydrogen) atoms. The summed E-state index contributed by atoms with van der Waals surface area (Å²) in [7, 11) is 0. The lowest BCUT2D eigenvalue weighted by Gasteiger charge is -2.08. The zero-order valence-corrected chi connectivity index (χ0v) is 13.1. The molecule has 4 heteroatoms. The van der Waals surface area contributed by atoms with Crippen LogP contribution in [0.3, 0.4) is 0 Å². The maximum atomic E-state index is 5.69. The summed E-state index contributed by atoms with van der Waals surface area (Å²) >= 11 is 8.39. The van der Waals surface area contributed by atoms with Gasteiger partial charge in [0.05, 0.1) is 6.61 Å². The second-order valence-electron chi connectivity index (χ2n) is 4.27. The summed E-state index contributed by atoms with van der Waals surface area (Å²) < 4.78 is 6.58. The molecule has 0 aliphatic heterocycles. The average molecular weight is 330 g/mol. The van der Waals surface area contributed by atoms with Gasteiger partial charge in [0, 0.05) is 10.0 Å². The number of benzene rings is 1. The standard InChI is InChI=1S/C14H20BrNOS/c1-2-3-4-5-6-9-17-11-7-8-12(14(16)18)13(15)10-11/h7-8,10H,2-6,9H2,1H3,(H2,16,18). The summed E-state index contributed by atoms with van der Waals surface area (Å²) in [6, 6.07) is 5.71. The maximum absolute atomic E-state index is 5.69. The SMILES string of the molecule is CCCCCCCOc1ccc(C(N)=S)c(Br)c1. The van der Waals surface area contributed by atoms with Crippen LogP contribution in [-0.2, 0) is 0 Å². The Bertz CT molecular complexity index is 395. The molecule has 0 fully saturated rings. The molecular weight excluding hydrogens is 310 g/mol. The number of nitrogens with two attached hydrogens (primary N) is 1. The smallest absolute Gasteiger partial charge is 0.120 e. The molecule has 0 aliphatic rings. The van der Waals surface area contributed by atoms with Crippen LogP contribution >= 0.6 is 28.1 Å². The van der Waals surface area contributed by atoms with Gasteiger partial charge in [-0.05, 0) is 40.5 Å².